The van der Waals surface area contributed by atoms with Crippen LogP contribution >= 0.6 is 24.8 Å². The summed E-state index contributed by atoms with van der Waals surface area (Å²) in [6.07, 6.45) is 5.85. The second-order valence-corrected chi connectivity index (χ2v) is 2.83. The van der Waals surface area contributed by atoms with Crippen molar-refractivity contribution >= 4 is 24.8 Å². The number of aryl methyl sites for hydroxylation is 1. The lowest BCUT2D eigenvalue weighted by Crippen LogP contribution is -2.30. The molecule has 2 heterocycles. The Morgan fingerprint density at radius 3 is 3.00 bits per heavy atom. The summed E-state index contributed by atoms with van der Waals surface area (Å²) in [4.78, 5) is 4.05. The number of fused-ring (bicyclic) bond motifs is 1. The van der Waals surface area contributed by atoms with Gasteiger partial charge >= 0.3 is 0 Å². The number of rotatable bonds is 0. The second kappa shape index (κ2) is 4.70. The molecular weight excluding hydrogens is 197 g/mol. The van der Waals surface area contributed by atoms with Gasteiger partial charge in [-0.05, 0) is 6.42 Å². The van der Waals surface area contributed by atoms with Crippen LogP contribution in [0, 0.1) is 0 Å². The summed E-state index contributed by atoms with van der Waals surface area (Å²) in [5, 5.41) is 0. The monoisotopic (exact) mass is 209 g/mol. The molecule has 0 spiro atoms. The Labute approximate surface area is 84.2 Å². The first-order chi connectivity index (χ1) is 4.86. The maximum absolute atomic E-state index is 5.77. The standard InChI is InChI=1S/C7H11N3.2ClH/c8-6-1-2-10-5-9-4-7(10)3-6;;/h4-6H,1-3,8H2;2*1H. The minimum absolute atomic E-state index is 0. The van der Waals surface area contributed by atoms with Crippen LogP contribution in [0.15, 0.2) is 12.5 Å². The number of nitrogens with zero attached hydrogens (tertiary/aromatic N) is 2. The molecule has 0 bridgehead atoms. The summed E-state index contributed by atoms with van der Waals surface area (Å²) in [6, 6.07) is 0.351. The highest BCUT2D eigenvalue weighted by molar-refractivity contribution is 5.85. The van der Waals surface area contributed by atoms with Gasteiger partial charge in [-0.15, -0.1) is 24.8 Å². The lowest BCUT2D eigenvalue weighted by atomic mass is 10.1. The van der Waals surface area contributed by atoms with Crippen molar-refractivity contribution in [3.05, 3.63) is 18.2 Å². The molecule has 1 aromatic heterocycles. The Balaban J connectivity index is 0.000000605. The van der Waals surface area contributed by atoms with Crippen molar-refractivity contribution in [2.75, 3.05) is 0 Å². The third kappa shape index (κ3) is 2.12. The van der Waals surface area contributed by atoms with Gasteiger partial charge in [0, 0.05) is 30.9 Å². The van der Waals surface area contributed by atoms with Crippen molar-refractivity contribution in [1.82, 2.24) is 9.55 Å². The molecule has 0 saturated heterocycles. The summed E-state index contributed by atoms with van der Waals surface area (Å²) in [7, 11) is 0. The Morgan fingerprint density at radius 2 is 2.25 bits per heavy atom. The predicted octanol–water partition coefficient (Wildman–Crippen LogP) is 1.00. The predicted molar refractivity (Wildman–Crippen MR) is 53.0 cm³/mol. The highest BCUT2D eigenvalue weighted by Crippen LogP contribution is 2.11. The minimum Gasteiger partial charge on any atom is -0.334 e. The Kier molecular flexibility index (Phi) is 4.60. The van der Waals surface area contributed by atoms with E-state index in [2.05, 4.69) is 9.55 Å². The number of imidazole rings is 1. The summed E-state index contributed by atoms with van der Waals surface area (Å²) < 4.78 is 2.17. The number of aromatic nitrogens is 2. The van der Waals surface area contributed by atoms with Gasteiger partial charge in [-0.25, -0.2) is 4.98 Å². The smallest absolute Gasteiger partial charge is 0.0948 e. The molecule has 0 aliphatic carbocycles. The first-order valence-electron chi connectivity index (χ1n) is 3.61. The van der Waals surface area contributed by atoms with Gasteiger partial charge in [0.25, 0.3) is 0 Å². The summed E-state index contributed by atoms with van der Waals surface area (Å²) in [6.45, 7) is 1.04. The number of nitrogens with two attached hydrogens (primary N) is 1. The molecule has 0 fully saturated rings. The van der Waals surface area contributed by atoms with E-state index in [1.807, 2.05) is 12.5 Å². The zero-order chi connectivity index (χ0) is 6.97. The van der Waals surface area contributed by atoms with Crippen LogP contribution in [0.1, 0.15) is 12.1 Å². The second-order valence-electron chi connectivity index (χ2n) is 2.83. The summed E-state index contributed by atoms with van der Waals surface area (Å²) in [5.41, 5.74) is 7.04. The molecule has 0 saturated carbocycles. The Hall–Kier alpha value is -0.250. The van der Waals surface area contributed by atoms with Crippen LogP contribution in [-0.2, 0) is 13.0 Å². The quantitative estimate of drug-likeness (QED) is 0.694. The van der Waals surface area contributed by atoms with Crippen LogP contribution in [-0.4, -0.2) is 15.6 Å². The van der Waals surface area contributed by atoms with Crippen LogP contribution in [0.3, 0.4) is 0 Å². The van der Waals surface area contributed by atoms with E-state index >= 15 is 0 Å². The van der Waals surface area contributed by atoms with E-state index in [-0.39, 0.29) is 24.8 Å². The lowest BCUT2D eigenvalue weighted by molar-refractivity contribution is 0.471. The third-order valence-electron chi connectivity index (χ3n) is 2.01. The van der Waals surface area contributed by atoms with Crippen LogP contribution in [0.5, 0.6) is 0 Å². The van der Waals surface area contributed by atoms with Crippen molar-refractivity contribution in [3.63, 3.8) is 0 Å². The lowest BCUT2D eigenvalue weighted by Gasteiger charge is -2.19. The van der Waals surface area contributed by atoms with Crippen molar-refractivity contribution in [1.29, 1.82) is 0 Å². The number of hydrogen-bond donors (Lipinski definition) is 1. The molecule has 12 heavy (non-hydrogen) atoms. The van der Waals surface area contributed by atoms with Crippen molar-refractivity contribution in [2.24, 2.45) is 5.73 Å². The van der Waals surface area contributed by atoms with Crippen LogP contribution < -0.4 is 5.73 Å². The Bertz CT molecular complexity index is 236. The van der Waals surface area contributed by atoms with E-state index in [0.29, 0.717) is 6.04 Å². The minimum atomic E-state index is 0. The zero-order valence-corrected chi connectivity index (χ0v) is 8.27. The highest BCUT2D eigenvalue weighted by Gasteiger charge is 2.13. The van der Waals surface area contributed by atoms with Crippen molar-refractivity contribution in [2.45, 2.75) is 25.4 Å². The third-order valence-corrected chi connectivity index (χ3v) is 2.01. The molecule has 5 heteroatoms. The van der Waals surface area contributed by atoms with E-state index in [1.54, 1.807) is 0 Å². The molecular formula is C7H13Cl2N3. The first kappa shape index (κ1) is 11.8. The van der Waals surface area contributed by atoms with Crippen molar-refractivity contribution < 1.29 is 0 Å². The molecule has 1 aliphatic heterocycles. The molecule has 1 atom stereocenters. The topological polar surface area (TPSA) is 43.8 Å². The van der Waals surface area contributed by atoms with E-state index in [9.17, 15) is 0 Å². The Morgan fingerprint density at radius 1 is 1.50 bits per heavy atom. The number of halogens is 2. The van der Waals surface area contributed by atoms with E-state index in [0.717, 1.165) is 19.4 Å². The fraction of sp³-hybridized carbons (Fsp3) is 0.571. The van der Waals surface area contributed by atoms with Gasteiger partial charge < -0.3 is 10.3 Å². The number of hydrogen-bond acceptors (Lipinski definition) is 2. The van der Waals surface area contributed by atoms with Gasteiger partial charge in [0.05, 0.1) is 6.33 Å². The molecule has 0 amide bonds. The van der Waals surface area contributed by atoms with E-state index in [4.69, 9.17) is 5.73 Å². The molecule has 1 aliphatic rings. The highest BCUT2D eigenvalue weighted by atomic mass is 35.5. The maximum Gasteiger partial charge on any atom is 0.0948 e. The van der Waals surface area contributed by atoms with Gasteiger partial charge in [-0.1, -0.05) is 0 Å². The summed E-state index contributed by atoms with van der Waals surface area (Å²) >= 11 is 0. The van der Waals surface area contributed by atoms with Crippen LogP contribution in [0.4, 0.5) is 0 Å². The maximum atomic E-state index is 5.77. The molecule has 0 aromatic carbocycles. The molecule has 1 unspecified atom stereocenters. The molecule has 2 N–H and O–H groups in total. The largest absolute Gasteiger partial charge is 0.334 e. The molecule has 1 aromatic rings. The normalized spacial score (nSPS) is 20.2. The molecule has 2 rings (SSSR count). The summed E-state index contributed by atoms with van der Waals surface area (Å²) in [5.74, 6) is 0. The van der Waals surface area contributed by atoms with Crippen molar-refractivity contribution in [3.8, 4) is 0 Å². The van der Waals surface area contributed by atoms with E-state index < -0.39 is 0 Å². The fourth-order valence-corrected chi connectivity index (χ4v) is 1.40. The van der Waals surface area contributed by atoms with Gasteiger partial charge in [0.1, 0.15) is 0 Å². The average molecular weight is 210 g/mol. The van der Waals surface area contributed by atoms with Crippen LogP contribution in [0.2, 0.25) is 0 Å². The van der Waals surface area contributed by atoms with Gasteiger partial charge in [-0.3, -0.25) is 0 Å². The molecule has 3 nitrogen and oxygen atoms in total. The SMILES string of the molecule is Cl.Cl.NC1CCn2cncc2C1. The molecule has 0 radical (unpaired) electrons. The van der Waals surface area contributed by atoms with Gasteiger partial charge in [0.2, 0.25) is 0 Å². The van der Waals surface area contributed by atoms with E-state index in [1.165, 1.54) is 5.69 Å². The fourth-order valence-electron chi connectivity index (χ4n) is 1.40. The van der Waals surface area contributed by atoms with Gasteiger partial charge in [0.15, 0.2) is 0 Å². The molecule has 70 valence electrons. The van der Waals surface area contributed by atoms with Crippen LogP contribution in [0.25, 0.3) is 0 Å². The first-order valence-corrected chi connectivity index (χ1v) is 3.61. The zero-order valence-electron chi connectivity index (χ0n) is 6.64. The van der Waals surface area contributed by atoms with Gasteiger partial charge in [-0.2, -0.15) is 0 Å². The average Bonchev–Trinajstić information content (AvgIpc) is 2.33.